The van der Waals surface area contributed by atoms with Crippen LogP contribution in [0, 0.1) is 5.92 Å². The van der Waals surface area contributed by atoms with Gasteiger partial charge in [-0.2, -0.15) is 0 Å². The number of amides is 2. The van der Waals surface area contributed by atoms with Gasteiger partial charge in [-0.1, -0.05) is 12.8 Å². The van der Waals surface area contributed by atoms with Crippen LogP contribution in [0.5, 0.6) is 0 Å². The van der Waals surface area contributed by atoms with Gasteiger partial charge >= 0.3 is 0 Å². The summed E-state index contributed by atoms with van der Waals surface area (Å²) in [5.74, 6) is 0.222. The first-order valence-corrected chi connectivity index (χ1v) is 9.32. The molecule has 3 aliphatic rings. The highest BCUT2D eigenvalue weighted by molar-refractivity contribution is 5.87. The summed E-state index contributed by atoms with van der Waals surface area (Å²) >= 11 is 0. The molecule has 0 aromatic rings. The normalized spacial score (nSPS) is 32.2. The second kappa shape index (κ2) is 7.83. The number of hydrogen-bond donors (Lipinski definition) is 1. The number of methoxy groups -OCH3 is 1. The van der Waals surface area contributed by atoms with Crippen LogP contribution < -0.4 is 5.32 Å². The molecule has 3 fully saturated rings. The standard InChI is InChI=1S/C18H30N2O4/c1-12(21)19-17(13-5-3-4-6-13)18(22)20-9-10-24-16-8-7-14(23-2)11-15(16)20/h13-17H,3-11H2,1-2H3,(H,19,21). The number of rotatable bonds is 4. The maximum atomic E-state index is 13.3. The third-order valence-electron chi connectivity index (χ3n) is 5.88. The lowest BCUT2D eigenvalue weighted by Crippen LogP contribution is -2.61. The van der Waals surface area contributed by atoms with E-state index in [0.29, 0.717) is 13.2 Å². The van der Waals surface area contributed by atoms with Crippen LogP contribution in [-0.2, 0) is 19.1 Å². The van der Waals surface area contributed by atoms with Crippen LogP contribution in [0.2, 0.25) is 0 Å². The molecule has 1 heterocycles. The molecular weight excluding hydrogens is 308 g/mol. The number of nitrogens with zero attached hydrogens (tertiary/aromatic N) is 1. The predicted molar refractivity (Wildman–Crippen MR) is 89.5 cm³/mol. The van der Waals surface area contributed by atoms with Crippen molar-refractivity contribution in [3.8, 4) is 0 Å². The Balaban J connectivity index is 1.75. The van der Waals surface area contributed by atoms with Crippen molar-refractivity contribution in [2.45, 2.75) is 76.2 Å². The molecule has 3 rings (SSSR count). The van der Waals surface area contributed by atoms with Gasteiger partial charge in [-0.15, -0.1) is 0 Å². The molecule has 0 bridgehead atoms. The van der Waals surface area contributed by atoms with Crippen LogP contribution in [0.3, 0.4) is 0 Å². The van der Waals surface area contributed by atoms with E-state index in [-0.39, 0.29) is 42.0 Å². The first kappa shape index (κ1) is 17.7. The fraction of sp³-hybridized carbons (Fsp3) is 0.889. The Labute approximate surface area is 144 Å². The molecule has 1 N–H and O–H groups in total. The van der Waals surface area contributed by atoms with Gasteiger partial charge < -0.3 is 19.7 Å². The monoisotopic (exact) mass is 338 g/mol. The average molecular weight is 338 g/mol. The molecule has 0 radical (unpaired) electrons. The molecule has 2 amide bonds. The lowest BCUT2D eigenvalue weighted by molar-refractivity contribution is -0.158. The van der Waals surface area contributed by atoms with Crippen molar-refractivity contribution < 1.29 is 19.1 Å². The highest BCUT2D eigenvalue weighted by Gasteiger charge is 2.43. The summed E-state index contributed by atoms with van der Waals surface area (Å²) in [6, 6.07) is -0.311. The number of ether oxygens (including phenoxy) is 2. The Morgan fingerprint density at radius 3 is 2.62 bits per heavy atom. The first-order valence-electron chi connectivity index (χ1n) is 9.32. The molecule has 4 atom stereocenters. The second-order valence-electron chi connectivity index (χ2n) is 7.40. The van der Waals surface area contributed by atoms with Gasteiger partial charge in [0, 0.05) is 20.6 Å². The van der Waals surface area contributed by atoms with Crippen LogP contribution >= 0.6 is 0 Å². The van der Waals surface area contributed by atoms with Crippen LogP contribution in [0.15, 0.2) is 0 Å². The summed E-state index contributed by atoms with van der Waals surface area (Å²) < 4.78 is 11.4. The molecule has 0 spiro atoms. The summed E-state index contributed by atoms with van der Waals surface area (Å²) in [5, 5.41) is 2.94. The minimum Gasteiger partial charge on any atom is -0.381 e. The van der Waals surface area contributed by atoms with E-state index in [4.69, 9.17) is 9.47 Å². The van der Waals surface area contributed by atoms with Crippen molar-refractivity contribution in [3.63, 3.8) is 0 Å². The van der Waals surface area contributed by atoms with E-state index in [1.165, 1.54) is 6.92 Å². The Morgan fingerprint density at radius 2 is 1.96 bits per heavy atom. The fourth-order valence-corrected chi connectivity index (χ4v) is 4.63. The van der Waals surface area contributed by atoms with E-state index in [9.17, 15) is 9.59 Å². The van der Waals surface area contributed by atoms with Crippen molar-refractivity contribution >= 4 is 11.8 Å². The van der Waals surface area contributed by atoms with Crippen molar-refractivity contribution in [1.29, 1.82) is 0 Å². The first-order chi connectivity index (χ1) is 11.6. The Bertz CT molecular complexity index is 464. The number of morpholine rings is 1. The fourth-order valence-electron chi connectivity index (χ4n) is 4.63. The Morgan fingerprint density at radius 1 is 1.21 bits per heavy atom. The summed E-state index contributed by atoms with van der Waals surface area (Å²) in [7, 11) is 1.74. The Hall–Kier alpha value is -1.14. The molecular formula is C18H30N2O4. The zero-order valence-electron chi connectivity index (χ0n) is 14.8. The van der Waals surface area contributed by atoms with Gasteiger partial charge in [0.15, 0.2) is 0 Å². The van der Waals surface area contributed by atoms with Gasteiger partial charge in [0.1, 0.15) is 6.04 Å². The second-order valence-corrected chi connectivity index (χ2v) is 7.40. The van der Waals surface area contributed by atoms with E-state index < -0.39 is 0 Å². The number of nitrogens with one attached hydrogen (secondary N) is 1. The molecule has 1 aliphatic heterocycles. The van der Waals surface area contributed by atoms with Crippen molar-refractivity contribution in [3.05, 3.63) is 0 Å². The molecule has 2 saturated carbocycles. The third-order valence-corrected chi connectivity index (χ3v) is 5.88. The minimum absolute atomic E-state index is 0.0719. The Kier molecular flexibility index (Phi) is 5.76. The number of fused-ring (bicyclic) bond motifs is 1. The molecule has 0 aromatic heterocycles. The molecule has 6 nitrogen and oxygen atoms in total. The summed E-state index contributed by atoms with van der Waals surface area (Å²) in [5.41, 5.74) is 0. The topological polar surface area (TPSA) is 67.9 Å². The molecule has 136 valence electrons. The molecule has 1 saturated heterocycles. The van der Waals surface area contributed by atoms with E-state index in [2.05, 4.69) is 5.32 Å². The number of carbonyl (C=O) groups is 2. The van der Waals surface area contributed by atoms with Crippen molar-refractivity contribution in [2.75, 3.05) is 20.3 Å². The molecule has 2 aliphatic carbocycles. The van der Waals surface area contributed by atoms with Gasteiger partial charge in [-0.05, 0) is 38.0 Å². The summed E-state index contributed by atoms with van der Waals surface area (Å²) in [6.07, 6.45) is 7.38. The third kappa shape index (κ3) is 3.75. The maximum Gasteiger partial charge on any atom is 0.245 e. The van der Waals surface area contributed by atoms with Crippen LogP contribution in [0.4, 0.5) is 0 Å². The molecule has 4 unspecified atom stereocenters. The van der Waals surface area contributed by atoms with Crippen molar-refractivity contribution in [2.24, 2.45) is 5.92 Å². The average Bonchev–Trinajstić information content (AvgIpc) is 3.12. The van der Waals surface area contributed by atoms with Gasteiger partial charge in [-0.25, -0.2) is 0 Å². The van der Waals surface area contributed by atoms with Gasteiger partial charge in [0.25, 0.3) is 0 Å². The molecule has 6 heteroatoms. The number of hydrogen-bond acceptors (Lipinski definition) is 4. The zero-order chi connectivity index (χ0) is 17.1. The zero-order valence-corrected chi connectivity index (χ0v) is 14.8. The predicted octanol–water partition coefficient (Wildman–Crippen LogP) is 1.48. The lowest BCUT2D eigenvalue weighted by Gasteiger charge is -2.47. The van der Waals surface area contributed by atoms with Gasteiger partial charge in [0.2, 0.25) is 11.8 Å². The van der Waals surface area contributed by atoms with Gasteiger partial charge in [-0.3, -0.25) is 9.59 Å². The molecule has 24 heavy (non-hydrogen) atoms. The van der Waals surface area contributed by atoms with E-state index in [1.54, 1.807) is 7.11 Å². The lowest BCUT2D eigenvalue weighted by atomic mass is 9.86. The van der Waals surface area contributed by atoms with E-state index >= 15 is 0 Å². The smallest absolute Gasteiger partial charge is 0.245 e. The quantitative estimate of drug-likeness (QED) is 0.843. The molecule has 0 aromatic carbocycles. The maximum absolute atomic E-state index is 13.3. The largest absolute Gasteiger partial charge is 0.381 e. The summed E-state index contributed by atoms with van der Waals surface area (Å²) in [4.78, 5) is 26.9. The minimum atomic E-state index is -0.383. The van der Waals surface area contributed by atoms with E-state index in [0.717, 1.165) is 44.9 Å². The van der Waals surface area contributed by atoms with Gasteiger partial charge in [0.05, 0.1) is 24.9 Å². The van der Waals surface area contributed by atoms with Crippen LogP contribution in [0.1, 0.15) is 51.9 Å². The highest BCUT2D eigenvalue weighted by Crippen LogP contribution is 2.33. The number of carbonyl (C=O) groups excluding carboxylic acids is 2. The highest BCUT2D eigenvalue weighted by atomic mass is 16.5. The SMILES string of the molecule is COC1CCC2OCCN(C(=O)C(NC(C)=O)C3CCCC3)C2C1. The van der Waals surface area contributed by atoms with Crippen molar-refractivity contribution in [1.82, 2.24) is 10.2 Å². The van der Waals surface area contributed by atoms with Crippen LogP contribution in [-0.4, -0.2) is 61.3 Å². The summed E-state index contributed by atoms with van der Waals surface area (Å²) in [6.45, 7) is 2.69. The van der Waals surface area contributed by atoms with E-state index in [1.807, 2.05) is 4.90 Å². The van der Waals surface area contributed by atoms with Crippen LogP contribution in [0.25, 0.3) is 0 Å².